The summed E-state index contributed by atoms with van der Waals surface area (Å²) in [7, 11) is 0. The summed E-state index contributed by atoms with van der Waals surface area (Å²) in [4.78, 5) is 8.21. The van der Waals surface area contributed by atoms with E-state index < -0.39 is 12.8 Å². The molecular formula is C9H15F3N4O. The highest BCUT2D eigenvalue weighted by Gasteiger charge is 2.27. The fraction of sp³-hybridized carbons (Fsp3) is 0.778. The molecule has 0 unspecified atom stereocenters. The van der Waals surface area contributed by atoms with Crippen molar-refractivity contribution in [2.24, 2.45) is 5.92 Å². The van der Waals surface area contributed by atoms with E-state index in [2.05, 4.69) is 20.4 Å². The number of nitrogens with zero attached hydrogens (tertiary/aromatic N) is 3. The summed E-state index contributed by atoms with van der Waals surface area (Å²) in [5, 5.41) is 3.97. The third-order valence-corrected chi connectivity index (χ3v) is 1.80. The van der Waals surface area contributed by atoms with E-state index in [-0.39, 0.29) is 6.54 Å². The fourth-order valence-corrected chi connectivity index (χ4v) is 1.17. The molecule has 1 heterocycles. The van der Waals surface area contributed by atoms with Gasteiger partial charge in [-0.3, -0.25) is 4.84 Å². The van der Waals surface area contributed by atoms with Crippen LogP contribution >= 0.6 is 0 Å². The van der Waals surface area contributed by atoms with Crippen molar-refractivity contribution in [3.63, 3.8) is 0 Å². The van der Waals surface area contributed by atoms with Crippen LogP contribution in [-0.4, -0.2) is 27.5 Å². The van der Waals surface area contributed by atoms with Gasteiger partial charge >= 0.3 is 6.18 Å². The molecule has 0 aromatic carbocycles. The average molecular weight is 252 g/mol. The molecule has 0 aliphatic heterocycles. The van der Waals surface area contributed by atoms with E-state index in [1.165, 1.54) is 6.33 Å². The van der Waals surface area contributed by atoms with Crippen LogP contribution in [0.15, 0.2) is 6.33 Å². The highest BCUT2D eigenvalue weighted by atomic mass is 19.4. The largest absolute Gasteiger partial charge is 0.413 e. The van der Waals surface area contributed by atoms with Gasteiger partial charge in [0.1, 0.15) is 12.2 Å². The maximum atomic E-state index is 11.8. The molecule has 0 aliphatic carbocycles. The smallest absolute Gasteiger partial charge is 0.292 e. The van der Waals surface area contributed by atoms with Crippen molar-refractivity contribution in [2.45, 2.75) is 33.1 Å². The SMILES string of the molecule is CC(C)Cn1ncnc1CNOCC(F)(F)F. The third-order valence-electron chi connectivity index (χ3n) is 1.80. The Morgan fingerprint density at radius 3 is 2.76 bits per heavy atom. The Labute approximate surface area is 96.9 Å². The lowest BCUT2D eigenvalue weighted by Gasteiger charge is -2.10. The van der Waals surface area contributed by atoms with E-state index in [0.717, 1.165) is 0 Å². The van der Waals surface area contributed by atoms with Crippen LogP contribution in [0.3, 0.4) is 0 Å². The van der Waals surface area contributed by atoms with Gasteiger partial charge in [-0.05, 0) is 5.92 Å². The molecule has 1 aromatic rings. The van der Waals surface area contributed by atoms with Gasteiger partial charge in [0.15, 0.2) is 6.61 Å². The summed E-state index contributed by atoms with van der Waals surface area (Å²) in [6.07, 6.45) is -2.97. The number of nitrogens with one attached hydrogen (secondary N) is 1. The van der Waals surface area contributed by atoms with Crippen molar-refractivity contribution in [3.8, 4) is 0 Å². The van der Waals surface area contributed by atoms with Crippen molar-refractivity contribution in [1.82, 2.24) is 20.2 Å². The molecule has 0 saturated heterocycles. The number of aromatic nitrogens is 3. The third kappa shape index (κ3) is 5.64. The molecule has 5 nitrogen and oxygen atoms in total. The van der Waals surface area contributed by atoms with Crippen LogP contribution in [-0.2, 0) is 17.9 Å². The number of hydrogen-bond acceptors (Lipinski definition) is 4. The number of hydrogen-bond donors (Lipinski definition) is 1. The summed E-state index contributed by atoms with van der Waals surface area (Å²) >= 11 is 0. The van der Waals surface area contributed by atoms with Crippen molar-refractivity contribution in [2.75, 3.05) is 6.61 Å². The molecule has 0 amide bonds. The molecule has 1 rings (SSSR count). The molecule has 1 N–H and O–H groups in total. The molecular weight excluding hydrogens is 237 g/mol. The van der Waals surface area contributed by atoms with Gasteiger partial charge < -0.3 is 0 Å². The van der Waals surface area contributed by atoms with Crippen molar-refractivity contribution < 1.29 is 18.0 Å². The molecule has 0 aliphatic rings. The van der Waals surface area contributed by atoms with E-state index in [4.69, 9.17) is 0 Å². The van der Waals surface area contributed by atoms with Crippen LogP contribution in [0, 0.1) is 5.92 Å². The Bertz CT molecular complexity index is 337. The van der Waals surface area contributed by atoms with Crippen LogP contribution in [0.4, 0.5) is 13.2 Å². The molecule has 98 valence electrons. The summed E-state index contributed by atoms with van der Waals surface area (Å²) in [6.45, 7) is 3.45. The van der Waals surface area contributed by atoms with E-state index in [1.807, 2.05) is 13.8 Å². The molecule has 0 radical (unpaired) electrons. The van der Waals surface area contributed by atoms with E-state index >= 15 is 0 Å². The molecule has 8 heteroatoms. The number of hydroxylamine groups is 1. The van der Waals surface area contributed by atoms with Gasteiger partial charge in [-0.15, -0.1) is 0 Å². The van der Waals surface area contributed by atoms with Crippen LogP contribution < -0.4 is 5.48 Å². The monoisotopic (exact) mass is 252 g/mol. The Hall–Kier alpha value is -1.15. The number of rotatable bonds is 6. The first-order valence-corrected chi connectivity index (χ1v) is 5.16. The number of alkyl halides is 3. The quantitative estimate of drug-likeness (QED) is 0.616. The minimum atomic E-state index is -4.33. The molecule has 1 aromatic heterocycles. The lowest BCUT2D eigenvalue weighted by Crippen LogP contribution is -2.26. The number of halogens is 3. The molecule has 0 fully saturated rings. The van der Waals surface area contributed by atoms with Gasteiger partial charge in [-0.2, -0.15) is 23.8 Å². The lowest BCUT2D eigenvalue weighted by atomic mass is 10.2. The zero-order valence-electron chi connectivity index (χ0n) is 9.66. The Kier molecular flexibility index (Phi) is 4.88. The maximum absolute atomic E-state index is 11.8. The summed E-state index contributed by atoms with van der Waals surface area (Å²) in [5.41, 5.74) is 2.21. The molecule has 0 atom stereocenters. The topological polar surface area (TPSA) is 52.0 Å². The maximum Gasteiger partial charge on any atom is 0.413 e. The average Bonchev–Trinajstić information content (AvgIpc) is 2.58. The van der Waals surface area contributed by atoms with E-state index in [1.54, 1.807) is 4.68 Å². The van der Waals surface area contributed by atoms with E-state index in [0.29, 0.717) is 18.3 Å². The predicted octanol–water partition coefficient (Wildman–Crippen LogP) is 1.52. The van der Waals surface area contributed by atoms with Crippen LogP contribution in [0.2, 0.25) is 0 Å². The Morgan fingerprint density at radius 1 is 1.47 bits per heavy atom. The highest BCUT2D eigenvalue weighted by Crippen LogP contribution is 2.13. The van der Waals surface area contributed by atoms with Gasteiger partial charge in [0.2, 0.25) is 0 Å². The fourth-order valence-electron chi connectivity index (χ4n) is 1.17. The first-order chi connectivity index (χ1) is 7.88. The zero-order valence-corrected chi connectivity index (χ0v) is 9.66. The molecule has 0 saturated carbocycles. The lowest BCUT2D eigenvalue weighted by molar-refractivity contribution is -0.190. The first-order valence-electron chi connectivity index (χ1n) is 5.16. The molecule has 0 bridgehead atoms. The first kappa shape index (κ1) is 13.9. The van der Waals surface area contributed by atoms with Crippen molar-refractivity contribution in [3.05, 3.63) is 12.2 Å². The van der Waals surface area contributed by atoms with Gasteiger partial charge in [0, 0.05) is 6.54 Å². The summed E-state index contributed by atoms with van der Waals surface area (Å²) in [5.74, 6) is 0.924. The normalized spacial score (nSPS) is 12.4. The van der Waals surface area contributed by atoms with Crippen LogP contribution in [0.25, 0.3) is 0 Å². The second-order valence-electron chi connectivity index (χ2n) is 3.98. The van der Waals surface area contributed by atoms with Gasteiger partial charge in [0.25, 0.3) is 0 Å². The molecule has 0 spiro atoms. The second-order valence-corrected chi connectivity index (χ2v) is 3.98. The highest BCUT2D eigenvalue weighted by molar-refractivity contribution is 4.82. The minimum absolute atomic E-state index is 0.0861. The van der Waals surface area contributed by atoms with Crippen molar-refractivity contribution >= 4 is 0 Å². The Balaban J connectivity index is 2.34. The summed E-state index contributed by atoms with van der Waals surface area (Å²) < 4.78 is 37.0. The zero-order chi connectivity index (χ0) is 12.9. The predicted molar refractivity (Wildman–Crippen MR) is 53.7 cm³/mol. The van der Waals surface area contributed by atoms with Crippen molar-refractivity contribution in [1.29, 1.82) is 0 Å². The van der Waals surface area contributed by atoms with Gasteiger partial charge in [0.05, 0.1) is 6.54 Å². The van der Waals surface area contributed by atoms with Gasteiger partial charge in [-0.1, -0.05) is 13.8 Å². The minimum Gasteiger partial charge on any atom is -0.292 e. The second kappa shape index (κ2) is 5.97. The van der Waals surface area contributed by atoms with E-state index in [9.17, 15) is 13.2 Å². The standard InChI is InChI=1S/C9H15F3N4O/c1-7(2)4-16-8(13-6-14-16)3-15-17-5-9(10,11)12/h6-7,15H,3-5H2,1-2H3. The van der Waals surface area contributed by atoms with Crippen LogP contribution in [0.1, 0.15) is 19.7 Å². The Morgan fingerprint density at radius 2 is 2.18 bits per heavy atom. The summed E-state index contributed by atoms with van der Waals surface area (Å²) in [6, 6.07) is 0. The van der Waals surface area contributed by atoms with Gasteiger partial charge in [-0.25, -0.2) is 9.67 Å². The molecule has 17 heavy (non-hydrogen) atoms. The van der Waals surface area contributed by atoms with Crippen LogP contribution in [0.5, 0.6) is 0 Å².